The number of ether oxygens (including phenoxy) is 2. The van der Waals surface area contributed by atoms with Crippen LogP contribution >= 0.6 is 15.9 Å². The van der Waals surface area contributed by atoms with Crippen molar-refractivity contribution in [3.8, 4) is 11.5 Å². The number of esters is 1. The Balaban J connectivity index is 1.75. The van der Waals surface area contributed by atoms with Crippen molar-refractivity contribution >= 4 is 32.7 Å². The molecule has 0 N–H and O–H groups in total. The van der Waals surface area contributed by atoms with Crippen LogP contribution in [-0.2, 0) is 4.79 Å². The molecule has 4 heteroatoms. The number of rotatable bonds is 4. The third kappa shape index (κ3) is 3.44. The van der Waals surface area contributed by atoms with E-state index in [1.165, 1.54) is 0 Å². The van der Waals surface area contributed by atoms with Crippen molar-refractivity contribution in [1.29, 1.82) is 0 Å². The van der Waals surface area contributed by atoms with Gasteiger partial charge in [-0.15, -0.1) is 0 Å². The van der Waals surface area contributed by atoms with Gasteiger partial charge >= 0.3 is 5.97 Å². The number of hydrogen-bond donors (Lipinski definition) is 0. The number of carbonyl (C=O) groups is 1. The minimum absolute atomic E-state index is 0.129. The second-order valence-corrected chi connectivity index (χ2v) is 6.43. The number of hydrogen-bond acceptors (Lipinski definition) is 3. The number of carbonyl (C=O) groups excluding carboxylic acids is 1. The van der Waals surface area contributed by atoms with Crippen LogP contribution in [0.2, 0.25) is 0 Å². The smallest absolute Gasteiger partial charge is 0.349 e. The molecule has 3 aromatic rings. The van der Waals surface area contributed by atoms with Crippen molar-refractivity contribution in [1.82, 2.24) is 0 Å². The highest BCUT2D eigenvalue weighted by Crippen LogP contribution is 2.31. The Bertz CT molecular complexity index is 882. The second kappa shape index (κ2) is 7.05. The zero-order chi connectivity index (χ0) is 17.1. The molecular weight excluding hydrogens is 368 g/mol. The monoisotopic (exact) mass is 384 g/mol. The number of halogens is 1. The molecule has 0 saturated carbocycles. The standard InChI is InChI=1S/C20H17BrO3/c1-13-6-5-7-14(2)20(13)23-12-19(22)24-18-11-10-17(21)15-8-3-4-9-16(15)18/h3-11H,12H2,1-2H3. The van der Waals surface area contributed by atoms with Crippen LogP contribution in [0.4, 0.5) is 0 Å². The maximum atomic E-state index is 12.2. The Morgan fingerprint density at radius 3 is 2.29 bits per heavy atom. The first-order chi connectivity index (χ1) is 11.6. The van der Waals surface area contributed by atoms with Crippen LogP contribution < -0.4 is 9.47 Å². The third-order valence-corrected chi connectivity index (χ3v) is 4.49. The van der Waals surface area contributed by atoms with Crippen LogP contribution in [0.15, 0.2) is 59.1 Å². The van der Waals surface area contributed by atoms with Gasteiger partial charge in [0.1, 0.15) is 11.5 Å². The fraction of sp³-hybridized carbons (Fsp3) is 0.150. The normalized spacial score (nSPS) is 10.6. The van der Waals surface area contributed by atoms with E-state index in [2.05, 4.69) is 15.9 Å². The Kier molecular flexibility index (Phi) is 4.86. The van der Waals surface area contributed by atoms with Gasteiger partial charge in [-0.3, -0.25) is 0 Å². The predicted octanol–water partition coefficient (Wildman–Crippen LogP) is 5.20. The molecule has 0 aliphatic carbocycles. The molecule has 24 heavy (non-hydrogen) atoms. The third-order valence-electron chi connectivity index (χ3n) is 3.80. The summed E-state index contributed by atoms with van der Waals surface area (Å²) in [4.78, 5) is 12.2. The molecule has 0 saturated heterocycles. The summed E-state index contributed by atoms with van der Waals surface area (Å²) in [6.45, 7) is 3.78. The quantitative estimate of drug-likeness (QED) is 0.457. The maximum Gasteiger partial charge on any atom is 0.349 e. The van der Waals surface area contributed by atoms with Gasteiger partial charge in [0.25, 0.3) is 0 Å². The van der Waals surface area contributed by atoms with Crippen molar-refractivity contribution in [2.24, 2.45) is 0 Å². The maximum absolute atomic E-state index is 12.2. The van der Waals surface area contributed by atoms with Gasteiger partial charge in [-0.1, -0.05) is 58.4 Å². The lowest BCUT2D eigenvalue weighted by Gasteiger charge is -2.12. The average molecular weight is 385 g/mol. The van der Waals surface area contributed by atoms with Crippen LogP contribution in [0, 0.1) is 13.8 Å². The number of para-hydroxylation sites is 1. The molecular formula is C20H17BrO3. The minimum Gasteiger partial charge on any atom is -0.481 e. The number of aryl methyl sites for hydroxylation is 2. The summed E-state index contributed by atoms with van der Waals surface area (Å²) in [6, 6.07) is 17.3. The molecule has 0 atom stereocenters. The lowest BCUT2D eigenvalue weighted by molar-refractivity contribution is -0.136. The van der Waals surface area contributed by atoms with Gasteiger partial charge in [0.15, 0.2) is 6.61 Å². The molecule has 122 valence electrons. The summed E-state index contributed by atoms with van der Waals surface area (Å²) in [6.07, 6.45) is 0. The fourth-order valence-corrected chi connectivity index (χ4v) is 3.11. The van der Waals surface area contributed by atoms with Crippen LogP contribution in [0.5, 0.6) is 11.5 Å². The molecule has 3 nitrogen and oxygen atoms in total. The van der Waals surface area contributed by atoms with Crippen molar-refractivity contribution in [3.05, 3.63) is 70.2 Å². The van der Waals surface area contributed by atoms with E-state index in [9.17, 15) is 4.79 Å². The van der Waals surface area contributed by atoms with Gasteiger partial charge in [0.2, 0.25) is 0 Å². The van der Waals surface area contributed by atoms with E-state index >= 15 is 0 Å². The Hall–Kier alpha value is -2.33. The zero-order valence-corrected chi connectivity index (χ0v) is 15.1. The second-order valence-electron chi connectivity index (χ2n) is 5.57. The predicted molar refractivity (Wildman–Crippen MR) is 98.7 cm³/mol. The van der Waals surface area contributed by atoms with Crippen LogP contribution in [0.25, 0.3) is 10.8 Å². The lowest BCUT2D eigenvalue weighted by Crippen LogP contribution is -2.18. The molecule has 3 aromatic carbocycles. The van der Waals surface area contributed by atoms with Gasteiger partial charge in [-0.25, -0.2) is 4.79 Å². The van der Waals surface area contributed by atoms with Gasteiger partial charge in [-0.2, -0.15) is 0 Å². The first-order valence-electron chi connectivity index (χ1n) is 7.63. The first-order valence-corrected chi connectivity index (χ1v) is 8.42. The van der Waals surface area contributed by atoms with Crippen LogP contribution in [0.1, 0.15) is 11.1 Å². The Labute approximate surface area is 149 Å². The molecule has 0 aromatic heterocycles. The molecule has 0 radical (unpaired) electrons. The summed E-state index contributed by atoms with van der Waals surface area (Å²) >= 11 is 3.51. The molecule has 0 aliphatic heterocycles. The van der Waals surface area contributed by atoms with Crippen molar-refractivity contribution in [3.63, 3.8) is 0 Å². The van der Waals surface area contributed by atoms with E-state index in [0.717, 1.165) is 32.1 Å². The summed E-state index contributed by atoms with van der Waals surface area (Å²) in [5, 5.41) is 1.88. The van der Waals surface area contributed by atoms with Gasteiger partial charge in [0.05, 0.1) is 0 Å². The summed E-state index contributed by atoms with van der Waals surface area (Å²) in [5.74, 6) is 0.837. The molecule has 3 rings (SSSR count). The van der Waals surface area contributed by atoms with Crippen LogP contribution in [0.3, 0.4) is 0 Å². The topological polar surface area (TPSA) is 35.5 Å². The minimum atomic E-state index is -0.426. The molecule has 0 aliphatic rings. The molecule has 0 amide bonds. The molecule has 0 fully saturated rings. The van der Waals surface area contributed by atoms with Crippen molar-refractivity contribution in [2.45, 2.75) is 13.8 Å². The summed E-state index contributed by atoms with van der Waals surface area (Å²) < 4.78 is 12.1. The van der Waals surface area contributed by atoms with E-state index in [1.54, 1.807) is 6.07 Å². The van der Waals surface area contributed by atoms with Crippen molar-refractivity contribution < 1.29 is 14.3 Å². The largest absolute Gasteiger partial charge is 0.481 e. The summed E-state index contributed by atoms with van der Waals surface area (Å²) in [7, 11) is 0. The van der Waals surface area contributed by atoms with Crippen LogP contribution in [-0.4, -0.2) is 12.6 Å². The average Bonchev–Trinajstić information content (AvgIpc) is 2.57. The van der Waals surface area contributed by atoms with Gasteiger partial charge in [0, 0.05) is 9.86 Å². The SMILES string of the molecule is Cc1cccc(C)c1OCC(=O)Oc1ccc(Br)c2ccccc12. The molecule has 0 spiro atoms. The Morgan fingerprint density at radius 1 is 0.917 bits per heavy atom. The van der Waals surface area contributed by atoms with E-state index < -0.39 is 5.97 Å². The van der Waals surface area contributed by atoms with E-state index in [-0.39, 0.29) is 6.61 Å². The Morgan fingerprint density at radius 2 is 1.58 bits per heavy atom. The van der Waals surface area contributed by atoms with E-state index in [0.29, 0.717) is 5.75 Å². The molecule has 0 heterocycles. The molecule has 0 bridgehead atoms. The zero-order valence-electron chi connectivity index (χ0n) is 13.5. The van der Waals surface area contributed by atoms with E-state index in [4.69, 9.17) is 9.47 Å². The first kappa shape index (κ1) is 16.5. The van der Waals surface area contributed by atoms with Gasteiger partial charge in [-0.05, 0) is 42.5 Å². The number of fused-ring (bicyclic) bond motifs is 1. The highest BCUT2D eigenvalue weighted by Gasteiger charge is 2.12. The van der Waals surface area contributed by atoms with E-state index in [1.807, 2.05) is 62.4 Å². The highest BCUT2D eigenvalue weighted by atomic mass is 79.9. The summed E-state index contributed by atoms with van der Waals surface area (Å²) in [5.41, 5.74) is 1.99. The molecule has 0 unspecified atom stereocenters. The van der Waals surface area contributed by atoms with Gasteiger partial charge < -0.3 is 9.47 Å². The fourth-order valence-electron chi connectivity index (χ4n) is 2.63. The highest BCUT2D eigenvalue weighted by molar-refractivity contribution is 9.10. The lowest BCUT2D eigenvalue weighted by atomic mass is 10.1. The number of benzene rings is 3. The van der Waals surface area contributed by atoms with Crippen molar-refractivity contribution in [2.75, 3.05) is 6.61 Å².